The molecule has 0 aliphatic carbocycles. The fourth-order valence-corrected chi connectivity index (χ4v) is 0.806. The van der Waals surface area contributed by atoms with Crippen molar-refractivity contribution in [1.29, 1.82) is 0 Å². The number of nitrogens with two attached hydrogens (primary N) is 2. The van der Waals surface area contributed by atoms with Crippen LogP contribution in [-0.2, 0) is 0 Å². The maximum atomic E-state index is 10.3. The molecule has 1 heterocycles. The number of guanidine groups is 1. The second-order valence-electron chi connectivity index (χ2n) is 2.58. The molecule has 4 N–H and O–H groups in total. The number of rotatable bonds is 4. The lowest BCUT2D eigenvalue weighted by molar-refractivity contribution is -0.402. The summed E-state index contributed by atoms with van der Waals surface area (Å²) in [5, 5.41) is 17.1. The van der Waals surface area contributed by atoms with E-state index in [4.69, 9.17) is 15.9 Å². The molecule has 8 nitrogen and oxygen atoms in total. The molecule has 84 valence electrons. The molecule has 0 radical (unpaired) electrons. The SMILES string of the molecule is NC(N)=N/N=C\C=C\c1ccc([N+](=O)[O-])o1. The molecule has 16 heavy (non-hydrogen) atoms. The summed E-state index contributed by atoms with van der Waals surface area (Å²) >= 11 is 0. The van der Waals surface area contributed by atoms with E-state index in [0.717, 1.165) is 0 Å². The van der Waals surface area contributed by atoms with E-state index in [0.29, 0.717) is 5.76 Å². The number of nitrogens with zero attached hydrogens (tertiary/aromatic N) is 3. The van der Waals surface area contributed by atoms with Crippen LogP contribution in [0.4, 0.5) is 5.88 Å². The Hall–Kier alpha value is -2.64. The Kier molecular flexibility index (Phi) is 3.78. The lowest BCUT2D eigenvalue weighted by Crippen LogP contribution is -2.21. The van der Waals surface area contributed by atoms with E-state index < -0.39 is 4.92 Å². The molecule has 0 aliphatic heterocycles. The molecule has 1 rings (SSSR count). The predicted octanol–water partition coefficient (Wildman–Crippen LogP) is 0.460. The van der Waals surface area contributed by atoms with Gasteiger partial charge in [-0.15, -0.1) is 5.10 Å². The molecule has 0 saturated carbocycles. The van der Waals surface area contributed by atoms with Crippen LogP contribution in [0, 0.1) is 10.1 Å². The second-order valence-corrected chi connectivity index (χ2v) is 2.58. The summed E-state index contributed by atoms with van der Waals surface area (Å²) in [5.74, 6) is -0.137. The van der Waals surface area contributed by atoms with Crippen molar-refractivity contribution in [2.24, 2.45) is 21.7 Å². The highest BCUT2D eigenvalue weighted by molar-refractivity contribution is 5.80. The zero-order valence-electron chi connectivity index (χ0n) is 8.11. The summed E-state index contributed by atoms with van der Waals surface area (Å²) in [4.78, 5) is 9.66. The maximum absolute atomic E-state index is 10.3. The summed E-state index contributed by atoms with van der Waals surface area (Å²) in [5.41, 5.74) is 10.0. The van der Waals surface area contributed by atoms with Crippen molar-refractivity contribution < 1.29 is 9.34 Å². The molecule has 0 amide bonds. The second kappa shape index (κ2) is 5.29. The fourth-order valence-electron chi connectivity index (χ4n) is 0.806. The summed E-state index contributed by atoms with van der Waals surface area (Å²) in [7, 11) is 0. The van der Waals surface area contributed by atoms with Crippen LogP contribution in [0.1, 0.15) is 5.76 Å². The van der Waals surface area contributed by atoms with Gasteiger partial charge in [-0.05, 0) is 18.2 Å². The Bertz CT molecular complexity index is 456. The minimum atomic E-state index is -0.620. The molecule has 1 aromatic rings. The van der Waals surface area contributed by atoms with Gasteiger partial charge < -0.3 is 15.9 Å². The quantitative estimate of drug-likeness (QED) is 0.331. The van der Waals surface area contributed by atoms with Crippen molar-refractivity contribution in [1.82, 2.24) is 0 Å². The van der Waals surface area contributed by atoms with Gasteiger partial charge in [-0.3, -0.25) is 10.1 Å². The molecule has 8 heteroatoms. The highest BCUT2D eigenvalue weighted by Crippen LogP contribution is 2.16. The third-order valence-corrected chi connectivity index (χ3v) is 1.38. The van der Waals surface area contributed by atoms with Gasteiger partial charge >= 0.3 is 5.88 Å². The van der Waals surface area contributed by atoms with Crippen LogP contribution in [0.3, 0.4) is 0 Å². The third kappa shape index (κ3) is 3.62. The highest BCUT2D eigenvalue weighted by atomic mass is 16.6. The minimum absolute atomic E-state index is 0.154. The normalized spacial score (nSPS) is 11.0. The van der Waals surface area contributed by atoms with Gasteiger partial charge in [0, 0.05) is 6.21 Å². The first-order chi connectivity index (χ1) is 7.59. The number of furan rings is 1. The Morgan fingerprint density at radius 3 is 2.81 bits per heavy atom. The molecule has 0 atom stereocenters. The van der Waals surface area contributed by atoms with Crippen molar-refractivity contribution in [2.75, 3.05) is 0 Å². The first-order valence-corrected chi connectivity index (χ1v) is 4.12. The van der Waals surface area contributed by atoms with Gasteiger partial charge in [-0.1, -0.05) is 0 Å². The largest absolute Gasteiger partial charge is 0.433 e. The highest BCUT2D eigenvalue weighted by Gasteiger charge is 2.09. The molecule has 0 unspecified atom stereocenters. The van der Waals surface area contributed by atoms with Gasteiger partial charge in [-0.25, -0.2) is 0 Å². The van der Waals surface area contributed by atoms with Crippen LogP contribution in [-0.4, -0.2) is 17.1 Å². The summed E-state index contributed by atoms with van der Waals surface area (Å²) in [6, 6.07) is 2.72. The number of allylic oxidation sites excluding steroid dienone is 1. The molecule has 1 aromatic heterocycles. The van der Waals surface area contributed by atoms with Crippen molar-refractivity contribution in [3.05, 3.63) is 34.1 Å². The lowest BCUT2D eigenvalue weighted by atomic mass is 10.4. The topological polar surface area (TPSA) is 133 Å². The predicted molar refractivity (Wildman–Crippen MR) is 58.7 cm³/mol. The molecular formula is C8H9N5O3. The van der Waals surface area contributed by atoms with Gasteiger partial charge in [0.2, 0.25) is 5.96 Å². The van der Waals surface area contributed by atoms with Crippen molar-refractivity contribution >= 4 is 24.1 Å². The van der Waals surface area contributed by atoms with Gasteiger partial charge in [0.05, 0.1) is 6.07 Å². The Balaban J connectivity index is 2.59. The van der Waals surface area contributed by atoms with E-state index in [1.165, 1.54) is 30.5 Å². The van der Waals surface area contributed by atoms with Crippen LogP contribution >= 0.6 is 0 Å². The number of hydrogen-bond acceptors (Lipinski definition) is 5. The lowest BCUT2D eigenvalue weighted by Gasteiger charge is -1.83. The molecule has 0 aliphatic rings. The zero-order valence-corrected chi connectivity index (χ0v) is 8.11. The summed E-state index contributed by atoms with van der Waals surface area (Å²) < 4.78 is 4.84. The molecule has 0 aromatic carbocycles. The fraction of sp³-hybridized carbons (Fsp3) is 0. The molecular weight excluding hydrogens is 214 g/mol. The van der Waals surface area contributed by atoms with E-state index in [1.54, 1.807) is 0 Å². The Morgan fingerprint density at radius 1 is 1.50 bits per heavy atom. The van der Waals surface area contributed by atoms with Crippen LogP contribution in [0.25, 0.3) is 6.08 Å². The third-order valence-electron chi connectivity index (χ3n) is 1.38. The number of hydrogen-bond donors (Lipinski definition) is 2. The summed E-state index contributed by atoms with van der Waals surface area (Å²) in [6.07, 6.45) is 4.28. The maximum Gasteiger partial charge on any atom is 0.433 e. The number of nitro groups is 1. The van der Waals surface area contributed by atoms with Gasteiger partial charge in [-0.2, -0.15) is 5.10 Å². The minimum Gasteiger partial charge on any atom is -0.401 e. The van der Waals surface area contributed by atoms with Crippen molar-refractivity contribution in [2.45, 2.75) is 0 Å². The van der Waals surface area contributed by atoms with Crippen LogP contribution in [0.15, 0.2) is 32.8 Å². The Morgan fingerprint density at radius 2 is 2.25 bits per heavy atom. The average molecular weight is 223 g/mol. The van der Waals surface area contributed by atoms with Crippen LogP contribution < -0.4 is 11.5 Å². The Labute approximate surface area is 90.1 Å². The van der Waals surface area contributed by atoms with Crippen LogP contribution in [0.2, 0.25) is 0 Å². The summed E-state index contributed by atoms with van der Waals surface area (Å²) in [6.45, 7) is 0. The van der Waals surface area contributed by atoms with Crippen LogP contribution in [0.5, 0.6) is 0 Å². The monoisotopic (exact) mass is 223 g/mol. The first-order valence-electron chi connectivity index (χ1n) is 4.12. The molecule has 0 bridgehead atoms. The smallest absolute Gasteiger partial charge is 0.401 e. The zero-order chi connectivity index (χ0) is 12.0. The molecule has 0 spiro atoms. The first kappa shape index (κ1) is 11.4. The standard InChI is InChI=1S/C8H9N5O3/c9-8(10)12-11-5-1-2-6-3-4-7(16-6)13(14)15/h1-5H,(H4,9,10,12)/b2-1+,11-5-. The van der Waals surface area contributed by atoms with E-state index in [2.05, 4.69) is 10.2 Å². The van der Waals surface area contributed by atoms with Gasteiger partial charge in [0.15, 0.2) is 0 Å². The molecule has 0 fully saturated rings. The van der Waals surface area contributed by atoms with E-state index in [1.807, 2.05) is 0 Å². The van der Waals surface area contributed by atoms with Crippen molar-refractivity contribution in [3.63, 3.8) is 0 Å². The van der Waals surface area contributed by atoms with E-state index >= 15 is 0 Å². The average Bonchev–Trinajstić information content (AvgIpc) is 2.65. The molecule has 0 saturated heterocycles. The van der Waals surface area contributed by atoms with Gasteiger partial charge in [0.25, 0.3) is 0 Å². The van der Waals surface area contributed by atoms with E-state index in [-0.39, 0.29) is 11.8 Å². The van der Waals surface area contributed by atoms with Gasteiger partial charge in [0.1, 0.15) is 10.7 Å². The van der Waals surface area contributed by atoms with Crippen molar-refractivity contribution in [3.8, 4) is 0 Å². The van der Waals surface area contributed by atoms with E-state index in [9.17, 15) is 10.1 Å².